The average Bonchev–Trinajstić information content (AvgIpc) is 2.32. The van der Waals surface area contributed by atoms with Crippen LogP contribution < -0.4 is 5.32 Å². The van der Waals surface area contributed by atoms with E-state index in [9.17, 15) is 0 Å². The van der Waals surface area contributed by atoms with Gasteiger partial charge >= 0.3 is 0 Å². The monoisotopic (exact) mass is 223 g/mol. The van der Waals surface area contributed by atoms with Crippen molar-refractivity contribution >= 4 is 0 Å². The zero-order chi connectivity index (χ0) is 11.4. The quantitative estimate of drug-likeness (QED) is 0.718. The third kappa shape index (κ3) is 3.30. The third-order valence-electron chi connectivity index (χ3n) is 3.85. The lowest BCUT2D eigenvalue weighted by Gasteiger charge is -2.38. The number of rotatable bonds is 3. The minimum atomic E-state index is 0.620. The molecule has 2 unspecified atom stereocenters. The molecule has 1 N–H and O–H groups in total. The van der Waals surface area contributed by atoms with E-state index in [0.29, 0.717) is 12.1 Å². The molecule has 1 fully saturated rings. The highest BCUT2D eigenvalue weighted by atomic mass is 15.3. The van der Waals surface area contributed by atoms with Crippen LogP contribution in [-0.4, -0.2) is 62.2 Å². The Morgan fingerprint density at radius 2 is 2.19 bits per heavy atom. The summed E-state index contributed by atoms with van der Waals surface area (Å²) in [6.45, 7) is 4.72. The van der Waals surface area contributed by atoms with Gasteiger partial charge in [0.05, 0.1) is 0 Å². The highest BCUT2D eigenvalue weighted by molar-refractivity contribution is 4.98. The highest BCUT2D eigenvalue weighted by Gasteiger charge is 2.22. The first-order valence-corrected chi connectivity index (χ1v) is 6.54. The summed E-state index contributed by atoms with van der Waals surface area (Å²) >= 11 is 0. The number of hydrogen-bond donors (Lipinski definition) is 1. The van der Waals surface area contributed by atoms with Crippen LogP contribution in [0.4, 0.5) is 0 Å². The van der Waals surface area contributed by atoms with E-state index in [0.717, 1.165) is 6.54 Å². The number of allylic oxidation sites excluding steroid dienone is 1. The van der Waals surface area contributed by atoms with Crippen molar-refractivity contribution in [2.75, 3.05) is 40.3 Å². The van der Waals surface area contributed by atoms with Crippen molar-refractivity contribution in [3.8, 4) is 0 Å². The van der Waals surface area contributed by atoms with Crippen LogP contribution in [0.5, 0.6) is 0 Å². The van der Waals surface area contributed by atoms with Crippen molar-refractivity contribution in [2.45, 2.75) is 31.3 Å². The molecule has 2 atom stereocenters. The fourth-order valence-corrected chi connectivity index (χ4v) is 2.59. The van der Waals surface area contributed by atoms with Crippen LogP contribution in [0.15, 0.2) is 12.2 Å². The highest BCUT2D eigenvalue weighted by Crippen LogP contribution is 2.11. The number of piperazine rings is 1. The predicted octanol–water partition coefficient (Wildman–Crippen LogP) is 0.930. The summed E-state index contributed by atoms with van der Waals surface area (Å²) in [6, 6.07) is 1.29. The molecular formula is C13H25N3. The molecule has 3 heteroatoms. The maximum Gasteiger partial charge on any atom is 0.0345 e. The summed E-state index contributed by atoms with van der Waals surface area (Å²) in [7, 11) is 4.47. The first-order valence-electron chi connectivity index (χ1n) is 6.54. The minimum Gasteiger partial charge on any atom is -0.309 e. The Labute approximate surface area is 99.5 Å². The number of likely N-dealkylation sites (N-methyl/N-ethyl adjacent to an activating group) is 2. The van der Waals surface area contributed by atoms with Gasteiger partial charge < -0.3 is 10.2 Å². The number of nitrogens with one attached hydrogen (secondary N) is 1. The van der Waals surface area contributed by atoms with Gasteiger partial charge in [0.2, 0.25) is 0 Å². The van der Waals surface area contributed by atoms with Gasteiger partial charge in [0.1, 0.15) is 0 Å². The van der Waals surface area contributed by atoms with Gasteiger partial charge in [0.15, 0.2) is 0 Å². The lowest BCUT2D eigenvalue weighted by atomic mass is 10.0. The van der Waals surface area contributed by atoms with Crippen LogP contribution in [0.25, 0.3) is 0 Å². The van der Waals surface area contributed by atoms with E-state index in [1.54, 1.807) is 0 Å². The van der Waals surface area contributed by atoms with Gasteiger partial charge in [0, 0.05) is 38.3 Å². The van der Waals surface area contributed by atoms with Gasteiger partial charge in [-0.3, -0.25) is 4.90 Å². The second-order valence-corrected chi connectivity index (χ2v) is 5.27. The molecule has 92 valence electrons. The van der Waals surface area contributed by atoms with E-state index in [-0.39, 0.29) is 0 Å². The molecule has 0 radical (unpaired) electrons. The molecule has 0 amide bonds. The molecule has 0 saturated carbocycles. The van der Waals surface area contributed by atoms with Crippen LogP contribution in [0.2, 0.25) is 0 Å². The Kier molecular flexibility index (Phi) is 4.38. The summed E-state index contributed by atoms with van der Waals surface area (Å²) in [5.74, 6) is 0. The molecule has 1 aliphatic heterocycles. The van der Waals surface area contributed by atoms with Crippen molar-refractivity contribution in [1.82, 2.24) is 15.1 Å². The lowest BCUT2D eigenvalue weighted by Crippen LogP contribution is -2.54. The molecular weight excluding hydrogens is 198 g/mol. The van der Waals surface area contributed by atoms with E-state index in [4.69, 9.17) is 0 Å². The fourth-order valence-electron chi connectivity index (χ4n) is 2.59. The summed E-state index contributed by atoms with van der Waals surface area (Å²) in [5, 5.41) is 3.69. The maximum atomic E-state index is 3.69. The Morgan fingerprint density at radius 3 is 2.94 bits per heavy atom. The minimum absolute atomic E-state index is 0.620. The molecule has 0 bridgehead atoms. The second kappa shape index (κ2) is 5.80. The summed E-state index contributed by atoms with van der Waals surface area (Å²) in [6.07, 6.45) is 8.58. The Morgan fingerprint density at radius 1 is 1.31 bits per heavy atom. The van der Waals surface area contributed by atoms with Crippen molar-refractivity contribution < 1.29 is 0 Å². The van der Waals surface area contributed by atoms with Crippen molar-refractivity contribution in [3.63, 3.8) is 0 Å². The Balaban J connectivity index is 1.75. The van der Waals surface area contributed by atoms with Crippen molar-refractivity contribution in [1.29, 1.82) is 0 Å². The number of hydrogen-bond acceptors (Lipinski definition) is 3. The standard InChI is InChI=1S/C13H25N3/c1-15-8-9-16(2)13(11-15)10-14-12-6-4-3-5-7-12/h4,6,12-14H,3,5,7-11H2,1-2H3. The fraction of sp³-hybridized carbons (Fsp3) is 0.846. The molecule has 3 nitrogen and oxygen atoms in total. The smallest absolute Gasteiger partial charge is 0.0345 e. The van der Waals surface area contributed by atoms with Crippen LogP contribution in [0.3, 0.4) is 0 Å². The molecule has 0 aromatic heterocycles. The van der Waals surface area contributed by atoms with Gasteiger partial charge in [-0.05, 0) is 33.4 Å². The van der Waals surface area contributed by atoms with Gasteiger partial charge in [-0.25, -0.2) is 0 Å². The summed E-state index contributed by atoms with van der Waals surface area (Å²) < 4.78 is 0. The molecule has 2 aliphatic rings. The van der Waals surface area contributed by atoms with E-state index >= 15 is 0 Å². The molecule has 1 heterocycles. The lowest BCUT2D eigenvalue weighted by molar-refractivity contribution is 0.112. The maximum absolute atomic E-state index is 3.69. The molecule has 16 heavy (non-hydrogen) atoms. The molecule has 0 aromatic rings. The van der Waals surface area contributed by atoms with Gasteiger partial charge in [-0.2, -0.15) is 0 Å². The van der Waals surface area contributed by atoms with Gasteiger partial charge in [0.25, 0.3) is 0 Å². The van der Waals surface area contributed by atoms with Gasteiger partial charge in [-0.15, -0.1) is 0 Å². The Bertz CT molecular complexity index is 239. The molecule has 1 aliphatic carbocycles. The summed E-state index contributed by atoms with van der Waals surface area (Å²) in [4.78, 5) is 4.92. The van der Waals surface area contributed by atoms with Gasteiger partial charge in [-0.1, -0.05) is 12.2 Å². The van der Waals surface area contributed by atoms with E-state index in [1.807, 2.05) is 0 Å². The second-order valence-electron chi connectivity index (χ2n) is 5.27. The average molecular weight is 223 g/mol. The zero-order valence-electron chi connectivity index (χ0n) is 10.7. The third-order valence-corrected chi connectivity index (χ3v) is 3.85. The normalized spacial score (nSPS) is 33.1. The van der Waals surface area contributed by atoms with Crippen LogP contribution in [0, 0.1) is 0 Å². The first-order chi connectivity index (χ1) is 7.75. The molecule has 0 aromatic carbocycles. The largest absolute Gasteiger partial charge is 0.309 e. The van der Waals surface area contributed by atoms with E-state index < -0.39 is 0 Å². The van der Waals surface area contributed by atoms with Crippen molar-refractivity contribution in [3.05, 3.63) is 12.2 Å². The van der Waals surface area contributed by atoms with Crippen LogP contribution >= 0.6 is 0 Å². The molecule has 0 spiro atoms. The number of nitrogens with zero attached hydrogens (tertiary/aromatic N) is 2. The summed E-state index contributed by atoms with van der Waals surface area (Å²) in [5.41, 5.74) is 0. The SMILES string of the molecule is CN1CCN(C)C(CNC2C=CCCC2)C1. The first kappa shape index (κ1) is 12.1. The molecule has 1 saturated heterocycles. The topological polar surface area (TPSA) is 18.5 Å². The van der Waals surface area contributed by atoms with Crippen molar-refractivity contribution in [2.24, 2.45) is 0 Å². The zero-order valence-corrected chi connectivity index (χ0v) is 10.7. The van der Waals surface area contributed by atoms with Crippen LogP contribution in [-0.2, 0) is 0 Å². The predicted molar refractivity (Wildman–Crippen MR) is 68.7 cm³/mol. The van der Waals surface area contributed by atoms with E-state index in [2.05, 4.69) is 41.4 Å². The molecule has 2 rings (SSSR count). The Hall–Kier alpha value is -0.380. The van der Waals surface area contributed by atoms with E-state index in [1.165, 1.54) is 38.9 Å². The van der Waals surface area contributed by atoms with Crippen LogP contribution in [0.1, 0.15) is 19.3 Å².